The molecule has 2 aliphatic heterocycles. The highest BCUT2D eigenvalue weighted by Gasteiger charge is 2.61. The van der Waals surface area contributed by atoms with Crippen molar-refractivity contribution in [2.24, 2.45) is 0 Å². The molecule has 0 bridgehead atoms. The van der Waals surface area contributed by atoms with E-state index in [2.05, 4.69) is 0 Å². The number of halogens is 2. The minimum Gasteiger partial charge on any atom is -0.458 e. The minimum absolute atomic E-state index is 0.0571. The average Bonchev–Trinajstić information content (AvgIpc) is 3.07. The summed E-state index contributed by atoms with van der Waals surface area (Å²) in [7, 11) is 0. The van der Waals surface area contributed by atoms with Gasteiger partial charge in [0.1, 0.15) is 6.61 Å². The number of likely N-dealkylation sites (N-methyl/N-ethyl adjacent to an activating group) is 1. The maximum atomic E-state index is 13.9. The van der Waals surface area contributed by atoms with Crippen LogP contribution < -0.4 is 4.90 Å². The summed E-state index contributed by atoms with van der Waals surface area (Å²) in [6.45, 7) is 1.36. The van der Waals surface area contributed by atoms with Gasteiger partial charge < -0.3 is 9.64 Å². The van der Waals surface area contributed by atoms with Gasteiger partial charge in [0.2, 0.25) is 11.6 Å². The number of carbonyl (C=O) groups excluding carboxylic acids is 3. The summed E-state index contributed by atoms with van der Waals surface area (Å²) in [5, 5.41) is 0. The molecule has 1 fully saturated rings. The van der Waals surface area contributed by atoms with E-state index >= 15 is 0 Å². The molecule has 0 aliphatic carbocycles. The zero-order valence-corrected chi connectivity index (χ0v) is 15.7. The molecule has 1 saturated heterocycles. The van der Waals surface area contributed by atoms with Crippen molar-refractivity contribution in [1.82, 2.24) is 4.90 Å². The van der Waals surface area contributed by atoms with Gasteiger partial charge in [-0.15, -0.1) is 0 Å². The highest BCUT2D eigenvalue weighted by Crippen LogP contribution is 2.45. The topological polar surface area (TPSA) is 66.9 Å². The molecule has 29 heavy (non-hydrogen) atoms. The van der Waals surface area contributed by atoms with E-state index in [0.717, 1.165) is 6.07 Å². The predicted octanol–water partition coefficient (Wildman–Crippen LogP) is 3.01. The van der Waals surface area contributed by atoms with Crippen molar-refractivity contribution in [2.45, 2.75) is 32.0 Å². The molecule has 0 radical (unpaired) electrons. The molecule has 0 N–H and O–H groups in total. The number of rotatable bonds is 4. The van der Waals surface area contributed by atoms with Gasteiger partial charge in [0.15, 0.2) is 11.6 Å². The van der Waals surface area contributed by atoms with E-state index in [9.17, 15) is 23.2 Å². The highest BCUT2D eigenvalue weighted by molar-refractivity contribution is 6.15. The first-order chi connectivity index (χ1) is 13.9. The fourth-order valence-electron chi connectivity index (χ4n) is 4.09. The van der Waals surface area contributed by atoms with Gasteiger partial charge in [-0.25, -0.2) is 13.6 Å². The monoisotopic (exact) mass is 400 g/mol. The number of ether oxygens (including phenoxy) is 1. The number of fused-ring (bicyclic) bond motifs is 3. The van der Waals surface area contributed by atoms with Crippen molar-refractivity contribution in [3.05, 3.63) is 65.2 Å². The number of amides is 2. The van der Waals surface area contributed by atoms with Gasteiger partial charge in [-0.3, -0.25) is 14.5 Å². The lowest BCUT2D eigenvalue weighted by atomic mass is 9.96. The standard InChI is InChI=1S/C21H18F2N2O4/c1-2-24-19(27)14-7-3-4-9-16(14)25-17(26)10-11-21(24,25)20(28)29-12-13-6-5-8-15(22)18(13)23/h3-9H,2,10-12H2,1H3/t21-/m0/s1. The molecule has 1 atom stereocenters. The summed E-state index contributed by atoms with van der Waals surface area (Å²) in [5.41, 5.74) is -1.10. The molecule has 150 valence electrons. The summed E-state index contributed by atoms with van der Waals surface area (Å²) >= 11 is 0. The highest BCUT2D eigenvalue weighted by atomic mass is 19.2. The second-order valence-corrected chi connectivity index (χ2v) is 6.90. The first-order valence-electron chi connectivity index (χ1n) is 9.26. The molecule has 2 aliphatic rings. The van der Waals surface area contributed by atoms with Gasteiger partial charge in [-0.1, -0.05) is 24.3 Å². The minimum atomic E-state index is -1.64. The first kappa shape index (κ1) is 19.0. The number of benzene rings is 2. The lowest BCUT2D eigenvalue weighted by molar-refractivity contribution is -0.158. The Morgan fingerprint density at radius 2 is 1.90 bits per heavy atom. The van der Waals surface area contributed by atoms with Crippen LogP contribution in [0.1, 0.15) is 35.7 Å². The second-order valence-electron chi connectivity index (χ2n) is 6.90. The van der Waals surface area contributed by atoms with Crippen LogP contribution in [0.25, 0.3) is 0 Å². The van der Waals surface area contributed by atoms with Crippen LogP contribution in [0.5, 0.6) is 0 Å². The molecule has 2 heterocycles. The summed E-state index contributed by atoms with van der Waals surface area (Å²) in [5.74, 6) is -3.70. The normalized spacial score (nSPS) is 20.5. The van der Waals surface area contributed by atoms with Crippen molar-refractivity contribution in [3.63, 3.8) is 0 Å². The number of anilines is 1. The lowest BCUT2D eigenvalue weighted by Crippen LogP contribution is -2.68. The van der Waals surface area contributed by atoms with Crippen molar-refractivity contribution >= 4 is 23.5 Å². The fraction of sp³-hybridized carbons (Fsp3) is 0.286. The molecule has 2 aromatic rings. The van der Waals surface area contributed by atoms with Gasteiger partial charge >= 0.3 is 5.97 Å². The third kappa shape index (κ3) is 2.70. The quantitative estimate of drug-likeness (QED) is 0.740. The van der Waals surface area contributed by atoms with Crippen LogP contribution in [0, 0.1) is 11.6 Å². The fourth-order valence-corrected chi connectivity index (χ4v) is 4.09. The Morgan fingerprint density at radius 3 is 2.66 bits per heavy atom. The van der Waals surface area contributed by atoms with E-state index in [1.54, 1.807) is 31.2 Å². The van der Waals surface area contributed by atoms with E-state index in [1.807, 2.05) is 0 Å². The molecule has 2 amide bonds. The smallest absolute Gasteiger partial charge is 0.354 e. The van der Waals surface area contributed by atoms with Crippen LogP contribution in [0.2, 0.25) is 0 Å². The van der Waals surface area contributed by atoms with Crippen molar-refractivity contribution in [3.8, 4) is 0 Å². The van der Waals surface area contributed by atoms with Crippen LogP contribution in [-0.2, 0) is 20.9 Å². The first-order valence-corrected chi connectivity index (χ1v) is 9.26. The molecule has 0 unspecified atom stereocenters. The Hall–Kier alpha value is -3.29. The third-order valence-corrected chi connectivity index (χ3v) is 5.41. The van der Waals surface area contributed by atoms with Crippen LogP contribution in [0.4, 0.5) is 14.5 Å². The molecular weight excluding hydrogens is 382 g/mol. The summed E-state index contributed by atoms with van der Waals surface area (Å²) in [4.78, 5) is 41.6. The number of para-hydroxylation sites is 1. The Morgan fingerprint density at radius 1 is 1.14 bits per heavy atom. The van der Waals surface area contributed by atoms with Crippen molar-refractivity contribution in [1.29, 1.82) is 0 Å². The molecule has 6 nitrogen and oxygen atoms in total. The Bertz CT molecular complexity index is 1030. The van der Waals surface area contributed by atoms with E-state index in [-0.39, 0.29) is 36.8 Å². The summed E-state index contributed by atoms with van der Waals surface area (Å²) < 4.78 is 32.7. The van der Waals surface area contributed by atoms with Gasteiger partial charge in [0, 0.05) is 24.9 Å². The van der Waals surface area contributed by atoms with Crippen molar-refractivity contribution < 1.29 is 27.9 Å². The predicted molar refractivity (Wildman–Crippen MR) is 98.8 cm³/mol. The van der Waals surface area contributed by atoms with Crippen LogP contribution in [0.3, 0.4) is 0 Å². The second kappa shape index (κ2) is 6.95. The molecule has 8 heteroatoms. The van der Waals surface area contributed by atoms with E-state index in [1.165, 1.54) is 21.9 Å². The van der Waals surface area contributed by atoms with E-state index < -0.39 is 29.9 Å². The average molecular weight is 400 g/mol. The maximum absolute atomic E-state index is 13.9. The number of hydrogen-bond acceptors (Lipinski definition) is 4. The Labute approximate surface area is 165 Å². The zero-order valence-electron chi connectivity index (χ0n) is 15.7. The van der Waals surface area contributed by atoms with Gasteiger partial charge in [0.25, 0.3) is 5.91 Å². The Kier molecular flexibility index (Phi) is 4.56. The van der Waals surface area contributed by atoms with Gasteiger partial charge in [-0.2, -0.15) is 0 Å². The number of esters is 1. The van der Waals surface area contributed by atoms with E-state index in [0.29, 0.717) is 11.3 Å². The maximum Gasteiger partial charge on any atom is 0.354 e. The van der Waals surface area contributed by atoms with Gasteiger partial charge in [-0.05, 0) is 25.1 Å². The number of nitrogens with zero attached hydrogens (tertiary/aromatic N) is 2. The molecular formula is C21H18F2N2O4. The largest absolute Gasteiger partial charge is 0.458 e. The molecule has 2 aromatic carbocycles. The summed E-state index contributed by atoms with van der Waals surface area (Å²) in [6.07, 6.45) is 0.117. The zero-order chi connectivity index (χ0) is 20.8. The van der Waals surface area contributed by atoms with Crippen molar-refractivity contribution in [2.75, 3.05) is 11.4 Å². The molecule has 0 saturated carbocycles. The van der Waals surface area contributed by atoms with Crippen LogP contribution >= 0.6 is 0 Å². The van der Waals surface area contributed by atoms with E-state index in [4.69, 9.17) is 4.74 Å². The van der Waals surface area contributed by atoms with Crippen LogP contribution in [0.15, 0.2) is 42.5 Å². The summed E-state index contributed by atoms with van der Waals surface area (Å²) in [6, 6.07) is 10.2. The van der Waals surface area contributed by atoms with Crippen LogP contribution in [-0.4, -0.2) is 34.9 Å². The number of hydrogen-bond donors (Lipinski definition) is 0. The Balaban J connectivity index is 1.73. The van der Waals surface area contributed by atoms with Gasteiger partial charge in [0.05, 0.1) is 11.3 Å². The molecule has 0 aromatic heterocycles. The third-order valence-electron chi connectivity index (χ3n) is 5.41. The number of carbonyl (C=O) groups is 3. The SMILES string of the molecule is CCN1C(=O)c2ccccc2N2C(=O)CC[C@]12C(=O)OCc1cccc(F)c1F. The molecule has 4 rings (SSSR count). The molecule has 0 spiro atoms. The lowest BCUT2D eigenvalue weighted by Gasteiger charge is -2.48.